The largest absolute Gasteiger partial charge is 0.492 e. The first kappa shape index (κ1) is 25.7. The van der Waals surface area contributed by atoms with E-state index in [-0.39, 0.29) is 30.9 Å². The molecule has 3 aromatic rings. The van der Waals surface area contributed by atoms with Crippen LogP contribution in [0.2, 0.25) is 0 Å². The maximum Gasteiger partial charge on any atom is 0.307 e. The van der Waals surface area contributed by atoms with Crippen molar-refractivity contribution in [1.82, 2.24) is 5.32 Å². The monoisotopic (exact) mass is 572 g/mol. The van der Waals surface area contributed by atoms with Crippen molar-refractivity contribution >= 4 is 43.5 Å². The molecule has 0 bridgehead atoms. The number of carboxylic acid groups (broad SMARTS) is 1. The van der Waals surface area contributed by atoms with Crippen LogP contribution in [0.3, 0.4) is 0 Å². The van der Waals surface area contributed by atoms with Gasteiger partial charge in [0.05, 0.1) is 23.5 Å². The van der Waals surface area contributed by atoms with Crippen LogP contribution >= 0.6 is 15.9 Å². The Labute approximate surface area is 218 Å². The molecule has 1 aliphatic heterocycles. The van der Waals surface area contributed by atoms with Crippen molar-refractivity contribution in [3.63, 3.8) is 0 Å². The van der Waals surface area contributed by atoms with E-state index >= 15 is 0 Å². The first-order valence-corrected chi connectivity index (χ1v) is 13.5. The van der Waals surface area contributed by atoms with Crippen LogP contribution in [0.4, 0.5) is 5.69 Å². The number of amides is 1. The molecular weight excluding hydrogens is 548 g/mol. The third-order valence-electron chi connectivity index (χ3n) is 5.86. The van der Waals surface area contributed by atoms with E-state index in [0.29, 0.717) is 17.0 Å². The topological polar surface area (TPSA) is 113 Å². The van der Waals surface area contributed by atoms with Gasteiger partial charge in [-0.3, -0.25) is 13.9 Å². The zero-order valence-electron chi connectivity index (χ0n) is 19.5. The number of ether oxygens (including phenoxy) is 1. The maximum atomic E-state index is 13.7. The molecule has 0 aliphatic carbocycles. The lowest BCUT2D eigenvalue weighted by Crippen LogP contribution is -2.48. The molecular formula is C26H25BrN2O6S. The summed E-state index contributed by atoms with van der Waals surface area (Å²) in [4.78, 5) is 24.1. The molecule has 188 valence electrons. The van der Waals surface area contributed by atoms with E-state index in [9.17, 15) is 18.0 Å². The van der Waals surface area contributed by atoms with Gasteiger partial charge < -0.3 is 15.2 Å². The number of anilines is 1. The number of halogens is 1. The Hall–Kier alpha value is -3.37. The summed E-state index contributed by atoms with van der Waals surface area (Å²) < 4.78 is 34.9. The van der Waals surface area contributed by atoms with Crippen LogP contribution in [0, 0.1) is 6.92 Å². The van der Waals surface area contributed by atoms with Gasteiger partial charge in [0.15, 0.2) is 0 Å². The quantitative estimate of drug-likeness (QED) is 0.378. The molecule has 3 aromatic carbocycles. The summed E-state index contributed by atoms with van der Waals surface area (Å²) in [6, 6.07) is 17.7. The minimum absolute atomic E-state index is 0.0701. The predicted molar refractivity (Wildman–Crippen MR) is 139 cm³/mol. The number of nitrogens with one attached hydrogen (secondary N) is 1. The molecule has 0 saturated carbocycles. The number of carbonyl (C=O) groups is 2. The molecule has 0 spiro atoms. The second-order valence-corrected chi connectivity index (χ2v) is 11.1. The molecule has 2 N–H and O–H groups in total. The van der Waals surface area contributed by atoms with E-state index in [4.69, 9.17) is 9.84 Å². The first-order chi connectivity index (χ1) is 17.2. The Morgan fingerprint density at radius 1 is 1.11 bits per heavy atom. The minimum atomic E-state index is -3.99. The van der Waals surface area contributed by atoms with Gasteiger partial charge in [0, 0.05) is 10.9 Å². The number of carboxylic acids is 1. The lowest BCUT2D eigenvalue weighted by Gasteiger charge is -2.26. The zero-order valence-corrected chi connectivity index (χ0v) is 21.9. The fourth-order valence-electron chi connectivity index (χ4n) is 4.08. The average Bonchev–Trinajstić information content (AvgIpc) is 3.25. The number of carbonyl (C=O) groups excluding carboxylic acids is 1. The number of nitrogens with zero attached hydrogens (tertiary/aromatic N) is 1. The number of aryl methyl sites for hydroxylation is 1. The smallest absolute Gasteiger partial charge is 0.307 e. The lowest BCUT2D eigenvalue weighted by molar-refractivity contribution is -0.136. The number of sulfonamides is 1. The molecule has 1 heterocycles. The van der Waals surface area contributed by atoms with Gasteiger partial charge in [-0.2, -0.15) is 0 Å². The molecule has 0 unspecified atom stereocenters. The van der Waals surface area contributed by atoms with Gasteiger partial charge in [0.25, 0.3) is 10.0 Å². The van der Waals surface area contributed by atoms with Gasteiger partial charge >= 0.3 is 5.97 Å². The molecule has 10 heteroatoms. The number of benzene rings is 3. The highest BCUT2D eigenvalue weighted by Crippen LogP contribution is 2.37. The van der Waals surface area contributed by atoms with E-state index in [2.05, 4.69) is 21.2 Å². The van der Waals surface area contributed by atoms with Crippen molar-refractivity contribution < 1.29 is 27.9 Å². The molecule has 1 amide bonds. The van der Waals surface area contributed by atoms with Crippen LogP contribution < -0.4 is 14.4 Å². The number of hydrogen-bond donors (Lipinski definition) is 2. The van der Waals surface area contributed by atoms with Crippen molar-refractivity contribution in [3.8, 4) is 5.75 Å². The Morgan fingerprint density at radius 2 is 1.83 bits per heavy atom. The first-order valence-electron chi connectivity index (χ1n) is 11.3. The zero-order chi connectivity index (χ0) is 25.9. The van der Waals surface area contributed by atoms with E-state index in [1.807, 2.05) is 19.1 Å². The van der Waals surface area contributed by atoms with E-state index < -0.39 is 27.9 Å². The van der Waals surface area contributed by atoms with Crippen LogP contribution in [0.15, 0.2) is 76.1 Å². The summed E-state index contributed by atoms with van der Waals surface area (Å²) in [6.45, 7) is 2.15. The average molecular weight is 573 g/mol. The molecule has 0 aromatic heterocycles. The second kappa shape index (κ2) is 10.7. The lowest BCUT2D eigenvalue weighted by atomic mass is 10.1. The van der Waals surface area contributed by atoms with Crippen molar-refractivity contribution in [3.05, 3.63) is 87.9 Å². The molecule has 8 nitrogen and oxygen atoms in total. The van der Waals surface area contributed by atoms with Gasteiger partial charge in [0.2, 0.25) is 5.91 Å². The van der Waals surface area contributed by atoms with Crippen LogP contribution in [0.1, 0.15) is 16.7 Å². The highest BCUT2D eigenvalue weighted by atomic mass is 79.9. The summed E-state index contributed by atoms with van der Waals surface area (Å²) in [7, 11) is -3.99. The van der Waals surface area contributed by atoms with Gasteiger partial charge in [-0.05, 0) is 60.0 Å². The van der Waals surface area contributed by atoms with Crippen molar-refractivity contribution in [2.24, 2.45) is 0 Å². The Balaban J connectivity index is 1.45. The third kappa shape index (κ3) is 5.55. The second-order valence-electron chi connectivity index (χ2n) is 8.41. The molecule has 1 aliphatic rings. The number of fused-ring (bicyclic) bond motifs is 1. The van der Waals surface area contributed by atoms with Gasteiger partial charge in [-0.15, -0.1) is 0 Å². The summed E-state index contributed by atoms with van der Waals surface area (Å²) in [5, 5.41) is 11.6. The number of rotatable bonds is 9. The Kier molecular flexibility index (Phi) is 7.65. The fourth-order valence-corrected chi connectivity index (χ4v) is 6.07. The molecule has 4 rings (SSSR count). The SMILES string of the molecule is Cc1cc(S(=O)(=O)N2c3ccccc3C[C@H]2C(=O)NCCOc2ccc(CC(=O)O)cc2)ccc1Br. The van der Waals surface area contributed by atoms with Crippen molar-refractivity contribution in [2.45, 2.75) is 30.7 Å². The van der Waals surface area contributed by atoms with Crippen LogP contribution in [-0.2, 0) is 32.5 Å². The molecule has 0 fully saturated rings. The number of hydrogen-bond acceptors (Lipinski definition) is 5. The highest BCUT2D eigenvalue weighted by Gasteiger charge is 2.42. The number of aliphatic carboxylic acids is 1. The molecule has 0 saturated heterocycles. The van der Waals surface area contributed by atoms with Crippen molar-refractivity contribution in [1.29, 1.82) is 0 Å². The highest BCUT2D eigenvalue weighted by molar-refractivity contribution is 9.10. The van der Waals surface area contributed by atoms with Gasteiger partial charge in [-0.25, -0.2) is 8.42 Å². The summed E-state index contributed by atoms with van der Waals surface area (Å²) in [5.41, 5.74) is 2.72. The Bertz CT molecular complexity index is 1390. The van der Waals surface area contributed by atoms with E-state index in [0.717, 1.165) is 15.6 Å². The maximum absolute atomic E-state index is 13.7. The van der Waals surface area contributed by atoms with Crippen LogP contribution in [-0.4, -0.2) is 44.6 Å². The summed E-state index contributed by atoms with van der Waals surface area (Å²) in [5.74, 6) is -0.780. The Morgan fingerprint density at radius 3 is 2.53 bits per heavy atom. The normalized spacial score (nSPS) is 14.8. The third-order valence-corrected chi connectivity index (χ3v) is 8.57. The molecule has 0 radical (unpaired) electrons. The number of para-hydroxylation sites is 1. The van der Waals surface area contributed by atoms with Crippen LogP contribution in [0.25, 0.3) is 0 Å². The minimum Gasteiger partial charge on any atom is -0.492 e. The van der Waals surface area contributed by atoms with Gasteiger partial charge in [-0.1, -0.05) is 46.3 Å². The summed E-state index contributed by atoms with van der Waals surface area (Å²) in [6.07, 6.45) is 0.196. The van der Waals surface area contributed by atoms with E-state index in [1.54, 1.807) is 48.5 Å². The molecule has 1 atom stereocenters. The fraction of sp³-hybridized carbons (Fsp3) is 0.231. The standard InChI is InChI=1S/C26H25BrN2O6S/c1-17-14-21(10-11-22(17)27)36(33,34)29-23-5-3-2-4-19(23)16-24(29)26(32)28-12-13-35-20-8-6-18(7-9-20)15-25(30)31/h2-11,14,24H,12-13,15-16H2,1H3,(H,28,32)(H,30,31)/t24-/m0/s1. The predicted octanol–water partition coefficient (Wildman–Crippen LogP) is 3.70. The van der Waals surface area contributed by atoms with Crippen LogP contribution in [0.5, 0.6) is 5.75 Å². The molecule has 36 heavy (non-hydrogen) atoms. The van der Waals surface area contributed by atoms with Gasteiger partial charge in [0.1, 0.15) is 18.4 Å². The van der Waals surface area contributed by atoms with E-state index in [1.165, 1.54) is 10.4 Å². The summed E-state index contributed by atoms with van der Waals surface area (Å²) >= 11 is 3.40. The van der Waals surface area contributed by atoms with Crippen molar-refractivity contribution in [2.75, 3.05) is 17.5 Å².